The molecule has 1 saturated heterocycles. The van der Waals surface area contributed by atoms with Gasteiger partial charge in [0.25, 0.3) is 5.91 Å². The van der Waals surface area contributed by atoms with Crippen molar-refractivity contribution in [3.8, 4) is 5.69 Å². The van der Waals surface area contributed by atoms with Gasteiger partial charge in [-0.25, -0.2) is 0 Å². The van der Waals surface area contributed by atoms with Crippen LogP contribution in [0.5, 0.6) is 0 Å². The van der Waals surface area contributed by atoms with Gasteiger partial charge in [-0.15, -0.1) is 10.2 Å². The summed E-state index contributed by atoms with van der Waals surface area (Å²) in [6.07, 6.45) is 0.367. The van der Waals surface area contributed by atoms with Gasteiger partial charge in [-0.3, -0.25) is 4.79 Å². The van der Waals surface area contributed by atoms with E-state index in [0.717, 1.165) is 24.5 Å². The minimum absolute atomic E-state index is 0.136. The molecule has 0 aliphatic carbocycles. The molecule has 1 aliphatic rings. The maximum atomic E-state index is 13.7. The Balaban J connectivity index is 1.55. The minimum atomic E-state index is -4.54. The Kier molecular flexibility index (Phi) is 6.30. The van der Waals surface area contributed by atoms with Crippen LogP contribution in [0.4, 0.5) is 19.0 Å². The third-order valence-electron chi connectivity index (χ3n) is 5.84. The zero-order valence-corrected chi connectivity index (χ0v) is 18.3. The average molecular weight is 459 g/mol. The molecule has 2 aromatic heterocycles. The Morgan fingerprint density at radius 2 is 1.91 bits per heavy atom. The summed E-state index contributed by atoms with van der Waals surface area (Å²) in [5.74, 6) is 0.279. The lowest BCUT2D eigenvalue weighted by atomic mass is 9.89. The van der Waals surface area contributed by atoms with Gasteiger partial charge in [0, 0.05) is 13.1 Å². The van der Waals surface area contributed by atoms with E-state index in [2.05, 4.69) is 32.6 Å². The van der Waals surface area contributed by atoms with E-state index in [4.69, 9.17) is 0 Å². The number of hydrogen-bond donors (Lipinski definition) is 1. The van der Waals surface area contributed by atoms with Crippen LogP contribution in [0, 0.1) is 12.8 Å². The summed E-state index contributed by atoms with van der Waals surface area (Å²) in [6.45, 7) is 4.90. The molecule has 4 rings (SSSR count). The number of piperidine rings is 1. The van der Waals surface area contributed by atoms with Gasteiger partial charge in [0.2, 0.25) is 0 Å². The average Bonchev–Trinajstić information content (AvgIpc) is 3.32. The number of hydrogen-bond acceptors (Lipinski definition) is 6. The van der Waals surface area contributed by atoms with Gasteiger partial charge in [0.1, 0.15) is 5.82 Å². The molecule has 0 saturated carbocycles. The molecule has 8 nitrogen and oxygen atoms in total. The number of carbonyl (C=O) groups excluding carboxylic acids is 1. The largest absolute Gasteiger partial charge is 0.435 e. The maximum Gasteiger partial charge on any atom is 0.435 e. The molecule has 3 aromatic rings. The number of halogens is 3. The number of rotatable bonds is 5. The van der Waals surface area contributed by atoms with Gasteiger partial charge in [-0.2, -0.15) is 28.2 Å². The molecule has 33 heavy (non-hydrogen) atoms. The van der Waals surface area contributed by atoms with Crippen molar-refractivity contribution in [1.29, 1.82) is 0 Å². The second-order valence-electron chi connectivity index (χ2n) is 8.21. The minimum Gasteiger partial charge on any atom is -0.367 e. The smallest absolute Gasteiger partial charge is 0.367 e. The fraction of sp³-hybridized carbons (Fsp3) is 0.409. The van der Waals surface area contributed by atoms with Crippen molar-refractivity contribution in [3.05, 3.63) is 59.5 Å². The molecule has 1 aromatic carbocycles. The highest BCUT2D eigenvalue weighted by Crippen LogP contribution is 2.29. The van der Waals surface area contributed by atoms with Gasteiger partial charge in [0.15, 0.2) is 5.69 Å². The van der Waals surface area contributed by atoms with E-state index >= 15 is 0 Å². The third-order valence-corrected chi connectivity index (χ3v) is 5.84. The van der Waals surface area contributed by atoms with Crippen LogP contribution in [-0.4, -0.2) is 55.1 Å². The van der Waals surface area contributed by atoms with Crippen molar-refractivity contribution in [2.24, 2.45) is 5.92 Å². The molecular formula is C22H24F3N7O. The molecule has 0 radical (unpaired) electrons. The van der Waals surface area contributed by atoms with E-state index in [9.17, 15) is 18.0 Å². The van der Waals surface area contributed by atoms with Crippen molar-refractivity contribution in [1.82, 2.24) is 30.1 Å². The number of amides is 1. The van der Waals surface area contributed by atoms with E-state index in [1.165, 1.54) is 10.9 Å². The molecule has 0 spiro atoms. The monoisotopic (exact) mass is 459 g/mol. The first-order valence-corrected chi connectivity index (χ1v) is 10.7. The van der Waals surface area contributed by atoms with Crippen LogP contribution < -0.4 is 5.32 Å². The van der Waals surface area contributed by atoms with Crippen molar-refractivity contribution in [2.45, 2.75) is 38.9 Å². The number of benzene rings is 1. The van der Waals surface area contributed by atoms with Gasteiger partial charge in [-0.05, 0) is 49.9 Å². The number of nitrogens with one attached hydrogen (secondary N) is 1. The molecule has 1 fully saturated rings. The Morgan fingerprint density at radius 1 is 1.15 bits per heavy atom. The molecule has 1 unspecified atom stereocenters. The highest BCUT2D eigenvalue weighted by Gasteiger charge is 2.34. The highest BCUT2D eigenvalue weighted by molar-refractivity contribution is 5.98. The molecule has 1 N–H and O–H groups in total. The SMILES string of the molecule is Cc1ccc(-n2nccn2)c(C(=O)N2CCC[C@@H](C)C2CNc2ccc(C(F)(F)F)nn2)c1. The van der Waals surface area contributed by atoms with E-state index < -0.39 is 11.9 Å². The van der Waals surface area contributed by atoms with Gasteiger partial charge in [-0.1, -0.05) is 18.6 Å². The number of aromatic nitrogens is 5. The van der Waals surface area contributed by atoms with Gasteiger partial charge < -0.3 is 10.2 Å². The van der Waals surface area contributed by atoms with Crippen molar-refractivity contribution >= 4 is 11.7 Å². The Bertz CT molecular complexity index is 1100. The van der Waals surface area contributed by atoms with E-state index in [1.54, 1.807) is 12.4 Å². The number of nitrogens with zero attached hydrogens (tertiary/aromatic N) is 6. The molecule has 0 bridgehead atoms. The molecule has 174 valence electrons. The molecule has 2 atom stereocenters. The Morgan fingerprint density at radius 3 is 2.58 bits per heavy atom. The molecule has 1 aliphatic heterocycles. The van der Waals surface area contributed by atoms with Crippen LogP contribution in [0.15, 0.2) is 42.7 Å². The lowest BCUT2D eigenvalue weighted by molar-refractivity contribution is -0.141. The van der Waals surface area contributed by atoms with Crippen LogP contribution in [0.2, 0.25) is 0 Å². The zero-order valence-electron chi connectivity index (χ0n) is 18.3. The van der Waals surface area contributed by atoms with Crippen molar-refractivity contribution in [2.75, 3.05) is 18.4 Å². The van der Waals surface area contributed by atoms with Crippen LogP contribution >= 0.6 is 0 Å². The topological polar surface area (TPSA) is 88.8 Å². The molecule has 11 heteroatoms. The standard InChI is InChI=1S/C22H24F3N7O/c1-14-5-6-17(32-27-9-10-28-32)16(12-14)21(33)31-11-3-4-15(2)18(31)13-26-20-8-7-19(29-30-20)22(23,24)25/h5-10,12,15,18H,3-4,11,13H2,1-2H3,(H,26,30)/t15-,18?/m1/s1. The number of carbonyl (C=O) groups is 1. The summed E-state index contributed by atoms with van der Waals surface area (Å²) in [7, 11) is 0. The summed E-state index contributed by atoms with van der Waals surface area (Å²) < 4.78 is 38.2. The number of likely N-dealkylation sites (tertiary alicyclic amines) is 1. The fourth-order valence-corrected chi connectivity index (χ4v) is 4.09. The van der Waals surface area contributed by atoms with Crippen LogP contribution in [-0.2, 0) is 6.18 Å². The number of anilines is 1. The summed E-state index contributed by atoms with van der Waals surface area (Å²) in [6, 6.07) is 7.51. The normalized spacial score (nSPS) is 18.9. The predicted molar refractivity (Wildman–Crippen MR) is 115 cm³/mol. The summed E-state index contributed by atoms with van der Waals surface area (Å²) in [5, 5.41) is 18.3. The van der Waals surface area contributed by atoms with Crippen molar-refractivity contribution in [3.63, 3.8) is 0 Å². The van der Waals surface area contributed by atoms with E-state index in [0.29, 0.717) is 24.3 Å². The first-order valence-electron chi connectivity index (χ1n) is 10.7. The lowest BCUT2D eigenvalue weighted by Crippen LogP contribution is -2.51. The maximum absolute atomic E-state index is 13.7. The third kappa shape index (κ3) is 4.96. The van der Waals surface area contributed by atoms with Gasteiger partial charge in [0.05, 0.1) is 29.7 Å². The van der Waals surface area contributed by atoms with E-state index in [1.807, 2.05) is 30.0 Å². The highest BCUT2D eigenvalue weighted by atomic mass is 19.4. The molecule has 1 amide bonds. The predicted octanol–water partition coefficient (Wildman–Crippen LogP) is 3.74. The Labute approximate surface area is 188 Å². The second-order valence-corrected chi connectivity index (χ2v) is 8.21. The summed E-state index contributed by atoms with van der Waals surface area (Å²) in [5.41, 5.74) is 0.984. The number of alkyl halides is 3. The van der Waals surface area contributed by atoms with Crippen LogP contribution in [0.25, 0.3) is 5.69 Å². The molecular weight excluding hydrogens is 435 g/mol. The van der Waals surface area contributed by atoms with E-state index in [-0.39, 0.29) is 23.7 Å². The fourth-order valence-electron chi connectivity index (χ4n) is 4.09. The van der Waals surface area contributed by atoms with Gasteiger partial charge >= 0.3 is 6.18 Å². The Hall–Kier alpha value is -3.50. The lowest BCUT2D eigenvalue weighted by Gasteiger charge is -2.40. The summed E-state index contributed by atoms with van der Waals surface area (Å²) >= 11 is 0. The quantitative estimate of drug-likeness (QED) is 0.625. The van der Waals surface area contributed by atoms with Crippen LogP contribution in [0.1, 0.15) is 41.4 Å². The first kappa shape index (κ1) is 22.7. The zero-order chi connectivity index (χ0) is 23.6. The molecule has 3 heterocycles. The van der Waals surface area contributed by atoms with Crippen molar-refractivity contribution < 1.29 is 18.0 Å². The number of aryl methyl sites for hydroxylation is 1. The van der Waals surface area contributed by atoms with Crippen LogP contribution in [0.3, 0.4) is 0 Å². The second kappa shape index (κ2) is 9.16. The summed E-state index contributed by atoms with van der Waals surface area (Å²) in [4.78, 5) is 16.9. The first-order chi connectivity index (χ1) is 15.7.